The van der Waals surface area contributed by atoms with Crippen molar-refractivity contribution < 1.29 is 31.0 Å². The minimum atomic E-state index is -0.966. The molecule has 2 heterocycles. The quantitative estimate of drug-likeness (QED) is 0.406. The van der Waals surface area contributed by atoms with Crippen LogP contribution in [0.5, 0.6) is 0 Å². The van der Waals surface area contributed by atoms with Gasteiger partial charge in [0.15, 0.2) is 8.35 Å². The molecule has 0 aromatic rings. The lowest BCUT2D eigenvalue weighted by Gasteiger charge is -2.34. The average molecular weight is 268 g/mol. The lowest BCUT2D eigenvalue weighted by atomic mass is 10.1. The first-order valence-electron chi connectivity index (χ1n) is 4.21. The van der Waals surface area contributed by atoms with Gasteiger partial charge in [-0.05, 0) is 31.5 Å². The van der Waals surface area contributed by atoms with Crippen molar-refractivity contribution in [1.82, 2.24) is 0 Å². The molecule has 11 heavy (non-hydrogen) atoms. The summed E-state index contributed by atoms with van der Waals surface area (Å²) in [5.74, 6) is -0.966. The summed E-state index contributed by atoms with van der Waals surface area (Å²) in [5, 5.41) is 11.6. The van der Waals surface area contributed by atoms with Crippen LogP contribution in [0, 0.1) is 0 Å². The van der Waals surface area contributed by atoms with Crippen LogP contribution < -0.4 is 26.3 Å². The van der Waals surface area contributed by atoms with Crippen molar-refractivity contribution in [3.63, 3.8) is 0 Å². The van der Waals surface area contributed by atoms with E-state index < -0.39 is 5.79 Å². The first kappa shape index (κ1) is 8.26. The van der Waals surface area contributed by atoms with E-state index >= 15 is 0 Å². The highest BCUT2D eigenvalue weighted by Gasteiger charge is 2.43. The second-order valence-corrected chi connectivity index (χ2v) is 6.83. The molecule has 0 bridgehead atoms. The molecular weight excluding hydrogens is 255 g/mol. The van der Waals surface area contributed by atoms with E-state index in [0.717, 1.165) is 29.6 Å². The van der Waals surface area contributed by atoms with E-state index in [4.69, 9.17) is 4.74 Å². The molecular formula is C8H13IO2. The van der Waals surface area contributed by atoms with E-state index in [1.807, 2.05) is 0 Å². The molecule has 0 amide bonds. The standard InChI is InChI=1S/C8H13IO2/c10-8(3-1-5-11-8)4-2-7-6-9-7/h7H,1-6H2. The summed E-state index contributed by atoms with van der Waals surface area (Å²) in [6.45, 7) is 0.698. The Morgan fingerprint density at radius 3 is 3.00 bits per heavy atom. The van der Waals surface area contributed by atoms with E-state index in [9.17, 15) is 5.11 Å². The summed E-state index contributed by atoms with van der Waals surface area (Å²) in [4.78, 5) is 0. The molecule has 0 N–H and O–H groups in total. The zero-order chi connectivity index (χ0) is 7.73. The molecule has 64 valence electrons. The van der Waals surface area contributed by atoms with Crippen molar-refractivity contribution in [2.75, 3.05) is 11.0 Å². The van der Waals surface area contributed by atoms with Crippen molar-refractivity contribution in [1.29, 1.82) is 0 Å². The van der Waals surface area contributed by atoms with Gasteiger partial charge in [-0.25, -0.2) is 0 Å². The highest BCUT2D eigenvalue weighted by molar-refractivity contribution is 4.74. The molecule has 0 radical (unpaired) electrons. The molecule has 2 rings (SSSR count). The third kappa shape index (κ3) is 2.29. The van der Waals surface area contributed by atoms with Gasteiger partial charge in [0.2, 0.25) is 0 Å². The summed E-state index contributed by atoms with van der Waals surface area (Å²) in [7, 11) is 0. The molecule has 0 aromatic carbocycles. The van der Waals surface area contributed by atoms with Crippen molar-refractivity contribution in [3.05, 3.63) is 0 Å². The SMILES string of the molecule is [O-]C1(CCC2C[I+]2)CCCO1. The van der Waals surface area contributed by atoms with Gasteiger partial charge in [-0.2, -0.15) is 0 Å². The fraction of sp³-hybridized carbons (Fsp3) is 1.00. The summed E-state index contributed by atoms with van der Waals surface area (Å²) in [6.07, 6.45) is 3.65. The third-order valence-corrected chi connectivity index (χ3v) is 5.03. The topological polar surface area (TPSA) is 32.3 Å². The summed E-state index contributed by atoms with van der Waals surface area (Å²) >= 11 is 0.535. The van der Waals surface area contributed by atoms with E-state index in [1.165, 1.54) is 4.43 Å². The number of hydrogen-bond donors (Lipinski definition) is 0. The van der Waals surface area contributed by atoms with Gasteiger partial charge >= 0.3 is 0 Å². The van der Waals surface area contributed by atoms with Crippen LogP contribution >= 0.6 is 0 Å². The molecule has 0 saturated carbocycles. The molecule has 2 saturated heterocycles. The van der Waals surface area contributed by atoms with Gasteiger partial charge in [0, 0.05) is 6.61 Å². The largest absolute Gasteiger partial charge is 0.828 e. The second-order valence-electron chi connectivity index (χ2n) is 3.31. The Morgan fingerprint density at radius 2 is 2.45 bits per heavy atom. The van der Waals surface area contributed by atoms with Crippen LogP contribution in [0.25, 0.3) is 0 Å². The molecule has 2 aliphatic heterocycles. The molecule has 3 heteroatoms. The van der Waals surface area contributed by atoms with Gasteiger partial charge in [0.25, 0.3) is 21.2 Å². The van der Waals surface area contributed by atoms with Gasteiger partial charge in [-0.1, -0.05) is 0 Å². The number of ether oxygens (including phenoxy) is 1. The lowest BCUT2D eigenvalue weighted by Crippen LogP contribution is -3.48. The highest BCUT2D eigenvalue weighted by atomic mass is 127. The van der Waals surface area contributed by atoms with Crippen molar-refractivity contribution in [2.24, 2.45) is 0 Å². The summed E-state index contributed by atoms with van der Waals surface area (Å²) < 4.78 is 7.60. The Hall–Kier alpha value is 0.650. The summed E-state index contributed by atoms with van der Waals surface area (Å²) in [5.41, 5.74) is 0. The molecule has 2 unspecified atom stereocenters. The van der Waals surface area contributed by atoms with Crippen molar-refractivity contribution >= 4 is 0 Å². The predicted molar refractivity (Wildman–Crippen MR) is 35.8 cm³/mol. The van der Waals surface area contributed by atoms with Crippen LogP contribution in [-0.2, 0) is 4.74 Å². The van der Waals surface area contributed by atoms with Crippen LogP contribution in [0.3, 0.4) is 0 Å². The fourth-order valence-corrected chi connectivity index (χ4v) is 3.01. The molecule has 2 fully saturated rings. The Morgan fingerprint density at radius 1 is 1.64 bits per heavy atom. The monoisotopic (exact) mass is 268 g/mol. The van der Waals surface area contributed by atoms with Crippen LogP contribution in [0.1, 0.15) is 25.7 Å². The minimum absolute atomic E-state index is 0.535. The smallest absolute Gasteiger partial charge is 0.281 e. The first-order valence-corrected chi connectivity index (χ1v) is 6.98. The molecule has 2 atom stereocenters. The van der Waals surface area contributed by atoms with Gasteiger partial charge in [0.1, 0.15) is 0 Å². The first-order chi connectivity index (χ1) is 5.29. The Labute approximate surface area is 77.6 Å². The molecule has 2 aliphatic rings. The number of hydrogen-bond acceptors (Lipinski definition) is 2. The third-order valence-electron chi connectivity index (χ3n) is 2.28. The molecule has 0 aliphatic carbocycles. The highest BCUT2D eigenvalue weighted by Crippen LogP contribution is 2.24. The maximum absolute atomic E-state index is 11.6. The lowest BCUT2D eigenvalue weighted by molar-refractivity contribution is -0.551. The number of rotatable bonds is 3. The van der Waals surface area contributed by atoms with Crippen molar-refractivity contribution in [2.45, 2.75) is 35.4 Å². The minimum Gasteiger partial charge on any atom is -0.828 e. The number of halogens is 1. The Balaban J connectivity index is 1.73. The maximum Gasteiger partial charge on any atom is 0.281 e. The molecule has 2 nitrogen and oxygen atoms in total. The van der Waals surface area contributed by atoms with Gasteiger partial charge in [0.05, 0.1) is 0 Å². The van der Waals surface area contributed by atoms with Crippen LogP contribution in [-0.4, -0.2) is 20.7 Å². The van der Waals surface area contributed by atoms with Crippen molar-refractivity contribution in [3.8, 4) is 0 Å². The maximum atomic E-state index is 11.6. The van der Waals surface area contributed by atoms with Crippen LogP contribution in [0.2, 0.25) is 0 Å². The fourth-order valence-electron chi connectivity index (χ4n) is 1.46. The van der Waals surface area contributed by atoms with Gasteiger partial charge in [-0.3, -0.25) is 0 Å². The summed E-state index contributed by atoms with van der Waals surface area (Å²) in [6, 6.07) is 0. The zero-order valence-electron chi connectivity index (χ0n) is 6.51. The zero-order valence-corrected chi connectivity index (χ0v) is 8.67. The predicted octanol–water partition coefficient (Wildman–Crippen LogP) is -2.90. The molecule has 0 aromatic heterocycles. The number of alkyl halides is 2. The normalized spacial score (nSPS) is 42.8. The van der Waals surface area contributed by atoms with Crippen LogP contribution in [0.15, 0.2) is 0 Å². The Kier molecular flexibility index (Phi) is 2.39. The van der Waals surface area contributed by atoms with E-state index in [2.05, 4.69) is 0 Å². The van der Waals surface area contributed by atoms with Gasteiger partial charge < -0.3 is 9.84 Å². The van der Waals surface area contributed by atoms with E-state index in [-0.39, 0.29) is 0 Å². The van der Waals surface area contributed by atoms with E-state index in [1.54, 1.807) is 0 Å². The second kappa shape index (κ2) is 3.18. The Bertz CT molecular complexity index is 139. The average Bonchev–Trinajstić information content (AvgIpc) is 2.73. The van der Waals surface area contributed by atoms with Crippen LogP contribution in [0.4, 0.5) is 0 Å². The van der Waals surface area contributed by atoms with E-state index in [0.29, 0.717) is 27.8 Å². The van der Waals surface area contributed by atoms with Gasteiger partial charge in [-0.15, -0.1) is 0 Å². The molecule has 0 spiro atoms.